The van der Waals surface area contributed by atoms with Crippen LogP contribution in [0.1, 0.15) is 44.6 Å². The Morgan fingerprint density at radius 2 is 1.94 bits per heavy atom. The van der Waals surface area contributed by atoms with Crippen LogP contribution in [0.25, 0.3) is 10.9 Å². The average molecular weight is 424 g/mol. The summed E-state index contributed by atoms with van der Waals surface area (Å²) in [5, 5.41) is 17.3. The van der Waals surface area contributed by atoms with Crippen molar-refractivity contribution in [3.63, 3.8) is 0 Å². The maximum atomic E-state index is 12.1. The summed E-state index contributed by atoms with van der Waals surface area (Å²) in [6.07, 6.45) is 7.62. The minimum atomic E-state index is 0.0566. The second-order valence-electron chi connectivity index (χ2n) is 8.02. The summed E-state index contributed by atoms with van der Waals surface area (Å²) >= 11 is 0. The number of nitrogens with one attached hydrogen (secondary N) is 3. The Balaban J connectivity index is 1.26. The van der Waals surface area contributed by atoms with Crippen molar-refractivity contribution >= 4 is 22.5 Å². The maximum absolute atomic E-state index is 12.1. The number of phenols is 1. The zero-order chi connectivity index (χ0) is 22.1. The molecule has 2 aromatic carbocycles. The van der Waals surface area contributed by atoms with Gasteiger partial charge in [-0.25, -0.2) is 0 Å². The van der Waals surface area contributed by atoms with Crippen LogP contribution in [-0.4, -0.2) is 35.7 Å². The van der Waals surface area contributed by atoms with Crippen LogP contribution in [0.5, 0.6) is 11.5 Å². The summed E-state index contributed by atoms with van der Waals surface area (Å²) in [5.41, 5.74) is 3.07. The minimum absolute atomic E-state index is 0.0566. The van der Waals surface area contributed by atoms with Crippen molar-refractivity contribution in [1.82, 2.24) is 10.3 Å². The molecule has 0 saturated carbocycles. The monoisotopic (exact) mass is 423 g/mol. The van der Waals surface area contributed by atoms with Crippen molar-refractivity contribution in [2.24, 2.45) is 0 Å². The molecule has 0 aliphatic carbocycles. The number of H-pyrrole nitrogens is 1. The molecule has 166 valence electrons. The number of rotatable bonds is 12. The number of unbranched alkanes of at least 4 members (excludes halogenated alkanes) is 2. The van der Waals surface area contributed by atoms with Gasteiger partial charge in [-0.2, -0.15) is 0 Å². The van der Waals surface area contributed by atoms with E-state index in [1.165, 1.54) is 5.56 Å². The third kappa shape index (κ3) is 7.03. The maximum Gasteiger partial charge on any atom is 0.224 e. The first-order valence-corrected chi connectivity index (χ1v) is 11.0. The van der Waals surface area contributed by atoms with Crippen LogP contribution in [0.3, 0.4) is 0 Å². The van der Waals surface area contributed by atoms with Gasteiger partial charge in [0.2, 0.25) is 5.91 Å². The molecule has 3 aromatic rings. The Labute approximate surface area is 184 Å². The number of amides is 1. The molecule has 0 radical (unpaired) electrons. The van der Waals surface area contributed by atoms with Crippen molar-refractivity contribution in [3.8, 4) is 11.5 Å². The number of carbonyl (C=O) groups is 1. The van der Waals surface area contributed by atoms with Gasteiger partial charge in [-0.15, -0.1) is 0 Å². The van der Waals surface area contributed by atoms with Gasteiger partial charge in [0.15, 0.2) is 0 Å². The molecule has 6 heteroatoms. The Morgan fingerprint density at radius 3 is 2.71 bits per heavy atom. The van der Waals surface area contributed by atoms with Gasteiger partial charge >= 0.3 is 0 Å². The van der Waals surface area contributed by atoms with Gasteiger partial charge in [-0.1, -0.05) is 12.8 Å². The van der Waals surface area contributed by atoms with Gasteiger partial charge in [0.1, 0.15) is 11.5 Å². The molecule has 4 N–H and O–H groups in total. The SMILES string of the molecule is COc1ccc(NC(=O)CCCCCC(C)NCCc2c[nH]c3ccc(O)cc23)cc1. The van der Waals surface area contributed by atoms with Crippen LogP contribution < -0.4 is 15.4 Å². The summed E-state index contributed by atoms with van der Waals surface area (Å²) in [5.74, 6) is 1.13. The lowest BCUT2D eigenvalue weighted by molar-refractivity contribution is -0.116. The topological polar surface area (TPSA) is 86.4 Å². The normalized spacial score (nSPS) is 12.1. The van der Waals surface area contributed by atoms with E-state index >= 15 is 0 Å². The molecule has 1 atom stereocenters. The average Bonchev–Trinajstić information content (AvgIpc) is 3.16. The van der Waals surface area contributed by atoms with Gasteiger partial charge in [0.25, 0.3) is 0 Å². The van der Waals surface area contributed by atoms with E-state index in [2.05, 4.69) is 22.5 Å². The Kier molecular flexibility index (Phi) is 8.35. The number of carbonyl (C=O) groups excluding carboxylic acids is 1. The van der Waals surface area contributed by atoms with Gasteiger partial charge in [0.05, 0.1) is 7.11 Å². The highest BCUT2D eigenvalue weighted by Gasteiger charge is 2.07. The van der Waals surface area contributed by atoms with E-state index in [9.17, 15) is 9.90 Å². The largest absolute Gasteiger partial charge is 0.508 e. The van der Waals surface area contributed by atoms with Gasteiger partial charge < -0.3 is 25.5 Å². The molecule has 3 rings (SSSR count). The lowest BCUT2D eigenvalue weighted by Crippen LogP contribution is -2.28. The van der Waals surface area contributed by atoms with Crippen LogP contribution in [0.15, 0.2) is 48.7 Å². The molecule has 6 nitrogen and oxygen atoms in total. The molecule has 0 fully saturated rings. The van der Waals surface area contributed by atoms with Crippen molar-refractivity contribution in [1.29, 1.82) is 0 Å². The number of aromatic nitrogens is 1. The number of hydrogen-bond acceptors (Lipinski definition) is 4. The first kappa shape index (κ1) is 22.7. The number of aromatic hydroxyl groups is 1. The highest BCUT2D eigenvalue weighted by molar-refractivity contribution is 5.90. The lowest BCUT2D eigenvalue weighted by Gasteiger charge is -2.13. The zero-order valence-electron chi connectivity index (χ0n) is 18.4. The highest BCUT2D eigenvalue weighted by atomic mass is 16.5. The van der Waals surface area contributed by atoms with E-state index in [0.29, 0.717) is 18.2 Å². The lowest BCUT2D eigenvalue weighted by atomic mass is 10.1. The number of phenolic OH excluding ortho intramolecular Hbond substituents is 1. The molecular weight excluding hydrogens is 390 g/mol. The van der Waals surface area contributed by atoms with Gasteiger partial charge in [0, 0.05) is 35.2 Å². The van der Waals surface area contributed by atoms with Crippen LogP contribution in [0, 0.1) is 0 Å². The fourth-order valence-corrected chi connectivity index (χ4v) is 3.74. The van der Waals surface area contributed by atoms with Crippen LogP contribution >= 0.6 is 0 Å². The molecular formula is C25H33N3O3. The van der Waals surface area contributed by atoms with E-state index in [1.807, 2.05) is 42.6 Å². The number of anilines is 1. The standard InChI is InChI=1S/C25H33N3O3/c1-18(26-15-14-19-17-27-24-13-10-21(29)16-23(19)24)6-4-3-5-7-25(30)28-20-8-11-22(31-2)12-9-20/h8-13,16-18,26-27,29H,3-7,14-15H2,1-2H3,(H,28,30). The van der Waals surface area contributed by atoms with Crippen molar-refractivity contribution in [3.05, 3.63) is 54.2 Å². The quantitative estimate of drug-likeness (QED) is 0.309. The molecule has 0 spiro atoms. The van der Waals surface area contributed by atoms with Crippen molar-refractivity contribution in [2.45, 2.75) is 51.5 Å². The number of fused-ring (bicyclic) bond motifs is 1. The zero-order valence-corrected chi connectivity index (χ0v) is 18.4. The van der Waals surface area contributed by atoms with E-state index in [1.54, 1.807) is 13.2 Å². The summed E-state index contributed by atoms with van der Waals surface area (Å²) in [6, 6.07) is 13.2. The van der Waals surface area contributed by atoms with Gasteiger partial charge in [-0.3, -0.25) is 4.79 Å². The number of aromatic amines is 1. The molecule has 0 bridgehead atoms. The number of benzene rings is 2. The molecule has 0 aliphatic heterocycles. The smallest absolute Gasteiger partial charge is 0.224 e. The second-order valence-corrected chi connectivity index (χ2v) is 8.02. The molecule has 1 unspecified atom stereocenters. The van der Waals surface area contributed by atoms with Crippen molar-refractivity contribution in [2.75, 3.05) is 19.0 Å². The first-order valence-electron chi connectivity index (χ1n) is 11.0. The first-order chi connectivity index (χ1) is 15.0. The summed E-state index contributed by atoms with van der Waals surface area (Å²) in [6.45, 7) is 3.10. The van der Waals surface area contributed by atoms with Crippen LogP contribution in [-0.2, 0) is 11.2 Å². The van der Waals surface area contributed by atoms with E-state index in [0.717, 1.165) is 61.0 Å². The van der Waals surface area contributed by atoms with Crippen molar-refractivity contribution < 1.29 is 14.6 Å². The fourth-order valence-electron chi connectivity index (χ4n) is 3.74. The molecule has 0 aliphatic rings. The van der Waals surface area contributed by atoms with Crippen LogP contribution in [0.2, 0.25) is 0 Å². The molecule has 1 heterocycles. The molecule has 1 aromatic heterocycles. The number of methoxy groups -OCH3 is 1. The predicted octanol–water partition coefficient (Wildman–Crippen LogP) is 4.99. The molecule has 31 heavy (non-hydrogen) atoms. The number of hydrogen-bond donors (Lipinski definition) is 4. The minimum Gasteiger partial charge on any atom is -0.508 e. The molecule has 0 saturated heterocycles. The Hall–Kier alpha value is -2.99. The molecule has 1 amide bonds. The summed E-state index contributed by atoms with van der Waals surface area (Å²) in [4.78, 5) is 15.3. The highest BCUT2D eigenvalue weighted by Crippen LogP contribution is 2.23. The van der Waals surface area contributed by atoms with Crippen LogP contribution in [0.4, 0.5) is 5.69 Å². The van der Waals surface area contributed by atoms with E-state index in [-0.39, 0.29) is 5.91 Å². The van der Waals surface area contributed by atoms with E-state index in [4.69, 9.17) is 4.74 Å². The van der Waals surface area contributed by atoms with Gasteiger partial charge in [-0.05, 0) is 80.8 Å². The number of ether oxygens (including phenoxy) is 1. The van der Waals surface area contributed by atoms with E-state index < -0.39 is 0 Å². The summed E-state index contributed by atoms with van der Waals surface area (Å²) in [7, 11) is 1.63. The third-order valence-corrected chi connectivity index (χ3v) is 5.55. The fraction of sp³-hybridized carbons (Fsp3) is 0.400. The Morgan fingerprint density at radius 1 is 1.13 bits per heavy atom. The Bertz CT molecular complexity index is 966. The third-order valence-electron chi connectivity index (χ3n) is 5.55. The second kappa shape index (κ2) is 11.4. The predicted molar refractivity (Wildman–Crippen MR) is 126 cm³/mol. The summed E-state index contributed by atoms with van der Waals surface area (Å²) < 4.78 is 5.12.